The first-order valence-corrected chi connectivity index (χ1v) is 8.87. The van der Waals surface area contributed by atoms with E-state index in [1.54, 1.807) is 24.3 Å². The average Bonchev–Trinajstić information content (AvgIpc) is 2.48. The van der Waals surface area contributed by atoms with Crippen LogP contribution in [0, 0.1) is 5.92 Å². The molecule has 2 N–H and O–H groups in total. The number of aryl methyl sites for hydroxylation is 1. The molecule has 0 aliphatic carbocycles. The highest BCUT2D eigenvalue weighted by atomic mass is 35.5. The van der Waals surface area contributed by atoms with E-state index in [0.717, 1.165) is 5.56 Å². The fourth-order valence-electron chi connectivity index (χ4n) is 2.47. The smallest absolute Gasteiger partial charge is 0.243 e. The van der Waals surface area contributed by atoms with Crippen LogP contribution in [0.4, 0.5) is 0 Å². The van der Waals surface area contributed by atoms with E-state index >= 15 is 0 Å². The summed E-state index contributed by atoms with van der Waals surface area (Å²) >= 11 is 5.66. The Morgan fingerprint density at radius 3 is 2.29 bits per heavy atom. The van der Waals surface area contributed by atoms with Crippen molar-refractivity contribution in [3.63, 3.8) is 0 Å². The van der Waals surface area contributed by atoms with Crippen LogP contribution in [0.25, 0.3) is 0 Å². The van der Waals surface area contributed by atoms with Gasteiger partial charge in [-0.15, -0.1) is 11.6 Å². The largest absolute Gasteiger partial charge is 0.369 e. The van der Waals surface area contributed by atoms with Crippen molar-refractivity contribution >= 4 is 27.5 Å². The molecule has 7 heteroatoms. The maximum Gasteiger partial charge on any atom is 0.243 e. The highest BCUT2D eigenvalue weighted by Crippen LogP contribution is 2.24. The summed E-state index contributed by atoms with van der Waals surface area (Å²) < 4.78 is 26.5. The van der Waals surface area contributed by atoms with Crippen LogP contribution >= 0.6 is 11.6 Å². The number of carbonyl (C=O) groups is 1. The molecule has 1 aromatic carbocycles. The SMILES string of the molecule is NC(=O)C1CCN(S(=O)(=O)c2ccc(CCCl)cc2)CC1. The first-order valence-electron chi connectivity index (χ1n) is 6.89. The lowest BCUT2D eigenvalue weighted by Gasteiger charge is -2.29. The van der Waals surface area contributed by atoms with Crippen LogP contribution in [-0.2, 0) is 21.2 Å². The molecular formula is C14H19ClN2O3S. The van der Waals surface area contributed by atoms with Crippen LogP contribution < -0.4 is 5.73 Å². The molecule has 0 bridgehead atoms. The molecule has 1 saturated heterocycles. The van der Waals surface area contributed by atoms with Crippen LogP contribution in [0.15, 0.2) is 29.2 Å². The lowest BCUT2D eigenvalue weighted by atomic mass is 9.98. The van der Waals surface area contributed by atoms with Crippen molar-refractivity contribution in [3.8, 4) is 0 Å². The summed E-state index contributed by atoms with van der Waals surface area (Å²) in [6, 6.07) is 6.78. The van der Waals surface area contributed by atoms with E-state index in [1.807, 2.05) is 0 Å². The van der Waals surface area contributed by atoms with Gasteiger partial charge in [-0.1, -0.05) is 12.1 Å². The van der Waals surface area contributed by atoms with E-state index in [1.165, 1.54) is 4.31 Å². The summed E-state index contributed by atoms with van der Waals surface area (Å²) in [5.41, 5.74) is 6.27. The third-order valence-electron chi connectivity index (χ3n) is 3.80. The zero-order valence-electron chi connectivity index (χ0n) is 11.7. The molecular weight excluding hydrogens is 312 g/mol. The summed E-state index contributed by atoms with van der Waals surface area (Å²) in [5, 5.41) is 0. The quantitative estimate of drug-likeness (QED) is 0.828. The van der Waals surface area contributed by atoms with Gasteiger partial charge < -0.3 is 5.73 Å². The molecule has 0 unspecified atom stereocenters. The van der Waals surface area contributed by atoms with Gasteiger partial charge in [0.1, 0.15) is 0 Å². The molecule has 0 radical (unpaired) electrons. The molecule has 1 amide bonds. The molecule has 5 nitrogen and oxygen atoms in total. The number of halogens is 1. The molecule has 116 valence electrons. The van der Waals surface area contributed by atoms with E-state index in [2.05, 4.69) is 0 Å². The van der Waals surface area contributed by atoms with Gasteiger partial charge in [0.25, 0.3) is 0 Å². The van der Waals surface area contributed by atoms with E-state index in [-0.39, 0.29) is 16.7 Å². The van der Waals surface area contributed by atoms with Gasteiger partial charge >= 0.3 is 0 Å². The molecule has 1 aliphatic heterocycles. The minimum Gasteiger partial charge on any atom is -0.369 e. The maximum atomic E-state index is 12.5. The van der Waals surface area contributed by atoms with Gasteiger partial charge in [-0.05, 0) is 37.0 Å². The maximum absolute atomic E-state index is 12.5. The van der Waals surface area contributed by atoms with Gasteiger partial charge in [-0.3, -0.25) is 4.79 Å². The Morgan fingerprint density at radius 2 is 1.81 bits per heavy atom. The monoisotopic (exact) mass is 330 g/mol. The standard InChI is InChI=1S/C14H19ClN2O3S/c15-8-5-11-1-3-13(4-2-11)21(19,20)17-9-6-12(7-10-17)14(16)18/h1-4,12H,5-10H2,(H2,16,18). The van der Waals surface area contributed by atoms with Gasteiger partial charge in [0.05, 0.1) is 4.90 Å². The minimum atomic E-state index is -3.49. The van der Waals surface area contributed by atoms with Gasteiger partial charge in [0, 0.05) is 24.9 Å². The van der Waals surface area contributed by atoms with Crippen molar-refractivity contribution in [2.75, 3.05) is 19.0 Å². The molecule has 1 fully saturated rings. The lowest BCUT2D eigenvalue weighted by Crippen LogP contribution is -2.41. The molecule has 1 aromatic rings. The van der Waals surface area contributed by atoms with Gasteiger partial charge in [-0.2, -0.15) is 4.31 Å². The Hall–Kier alpha value is -1.11. The predicted molar refractivity (Wildman–Crippen MR) is 81.5 cm³/mol. The molecule has 1 aliphatic rings. The number of primary amides is 1. The number of rotatable bonds is 5. The lowest BCUT2D eigenvalue weighted by molar-refractivity contribution is -0.122. The number of benzene rings is 1. The van der Waals surface area contributed by atoms with Crippen molar-refractivity contribution in [2.45, 2.75) is 24.2 Å². The number of hydrogen-bond acceptors (Lipinski definition) is 3. The zero-order chi connectivity index (χ0) is 15.5. The van der Waals surface area contributed by atoms with Crippen molar-refractivity contribution in [3.05, 3.63) is 29.8 Å². The third-order valence-corrected chi connectivity index (χ3v) is 5.90. The zero-order valence-corrected chi connectivity index (χ0v) is 13.2. The van der Waals surface area contributed by atoms with E-state index < -0.39 is 10.0 Å². The van der Waals surface area contributed by atoms with Crippen molar-refractivity contribution < 1.29 is 13.2 Å². The topological polar surface area (TPSA) is 80.5 Å². The molecule has 0 atom stereocenters. The minimum absolute atomic E-state index is 0.220. The number of nitrogens with zero attached hydrogens (tertiary/aromatic N) is 1. The fraction of sp³-hybridized carbons (Fsp3) is 0.500. The molecule has 1 heterocycles. The number of hydrogen-bond donors (Lipinski definition) is 1. The second-order valence-corrected chi connectivity index (χ2v) is 7.48. The van der Waals surface area contributed by atoms with E-state index in [4.69, 9.17) is 17.3 Å². The van der Waals surface area contributed by atoms with Crippen LogP contribution in [0.5, 0.6) is 0 Å². The second-order valence-electron chi connectivity index (χ2n) is 5.16. The Labute approximate surface area is 130 Å². The summed E-state index contributed by atoms with van der Waals surface area (Å²) in [6.07, 6.45) is 1.68. The van der Waals surface area contributed by atoms with Crippen molar-refractivity contribution in [2.24, 2.45) is 11.7 Å². The second kappa shape index (κ2) is 6.77. The highest BCUT2D eigenvalue weighted by Gasteiger charge is 2.31. The van der Waals surface area contributed by atoms with Crippen LogP contribution in [0.2, 0.25) is 0 Å². The number of nitrogens with two attached hydrogens (primary N) is 1. The van der Waals surface area contributed by atoms with Crippen LogP contribution in [0.1, 0.15) is 18.4 Å². The number of carbonyl (C=O) groups excluding carboxylic acids is 1. The van der Waals surface area contributed by atoms with Crippen LogP contribution in [-0.4, -0.2) is 37.6 Å². The normalized spacial score (nSPS) is 17.8. The highest BCUT2D eigenvalue weighted by molar-refractivity contribution is 7.89. The predicted octanol–water partition coefficient (Wildman–Crippen LogP) is 1.35. The van der Waals surface area contributed by atoms with Gasteiger partial charge in [0.2, 0.25) is 15.9 Å². The van der Waals surface area contributed by atoms with Crippen molar-refractivity contribution in [1.82, 2.24) is 4.31 Å². The molecule has 0 aromatic heterocycles. The average molecular weight is 331 g/mol. The Bertz CT molecular complexity index is 593. The number of amides is 1. The first-order chi connectivity index (χ1) is 9.95. The summed E-state index contributed by atoms with van der Waals surface area (Å²) in [4.78, 5) is 11.4. The third kappa shape index (κ3) is 3.75. The molecule has 2 rings (SSSR count). The van der Waals surface area contributed by atoms with E-state index in [9.17, 15) is 13.2 Å². The van der Waals surface area contributed by atoms with E-state index in [0.29, 0.717) is 38.2 Å². The van der Waals surface area contributed by atoms with Gasteiger partial charge in [0.15, 0.2) is 0 Å². The van der Waals surface area contributed by atoms with Gasteiger partial charge in [-0.25, -0.2) is 8.42 Å². The summed E-state index contributed by atoms with van der Waals surface area (Å²) in [7, 11) is -3.49. The Kier molecular flexibility index (Phi) is 5.24. The molecule has 0 saturated carbocycles. The van der Waals surface area contributed by atoms with Crippen molar-refractivity contribution in [1.29, 1.82) is 0 Å². The summed E-state index contributed by atoms with van der Waals surface area (Å²) in [5.74, 6) is -0.0627. The Balaban J connectivity index is 2.10. The fourth-order valence-corrected chi connectivity index (χ4v) is 4.15. The summed E-state index contributed by atoms with van der Waals surface area (Å²) in [6.45, 7) is 0.665. The van der Waals surface area contributed by atoms with Crippen LogP contribution in [0.3, 0.4) is 0 Å². The first kappa shape index (κ1) is 16.3. The molecule has 21 heavy (non-hydrogen) atoms. The number of piperidine rings is 1. The molecule has 0 spiro atoms. The Morgan fingerprint density at radius 1 is 1.24 bits per heavy atom. The number of alkyl halides is 1. The number of sulfonamides is 1.